The lowest BCUT2D eigenvalue weighted by Crippen LogP contribution is -2.30. The third-order valence-electron chi connectivity index (χ3n) is 16.9. The lowest BCUT2D eigenvalue weighted by Gasteiger charge is -2.21. The summed E-state index contributed by atoms with van der Waals surface area (Å²) in [5, 5.41) is 10.6. The molecule has 0 saturated carbocycles. The molecule has 6 atom stereocenters. The van der Waals surface area contributed by atoms with Crippen LogP contribution in [0.2, 0.25) is 0 Å². The average Bonchev–Trinajstić information content (AvgIpc) is 2.03. The minimum absolute atomic E-state index is 0.104. The summed E-state index contributed by atoms with van der Waals surface area (Å²) in [5.74, 6) is 0.895. The van der Waals surface area contributed by atoms with Gasteiger partial charge in [-0.2, -0.15) is 0 Å². The van der Waals surface area contributed by atoms with Gasteiger partial charge in [-0.3, -0.25) is 37.3 Å². The normalized spacial score (nSPS) is 14.5. The maximum absolute atomic E-state index is 13.0. The van der Waals surface area contributed by atoms with Crippen molar-refractivity contribution in [2.45, 2.75) is 375 Å². The van der Waals surface area contributed by atoms with Gasteiger partial charge in [0, 0.05) is 25.7 Å². The lowest BCUT2D eigenvalue weighted by molar-refractivity contribution is -0.161. The van der Waals surface area contributed by atoms with Crippen LogP contribution in [-0.2, 0) is 65.4 Å². The quantitative estimate of drug-likeness (QED) is 0.0222. The second-order valence-corrected chi connectivity index (χ2v) is 30.6. The molecule has 0 spiro atoms. The Balaban J connectivity index is 5.25. The molecular formula is C72H140O17P2. The molecule has 0 rings (SSSR count). The third-order valence-corrected chi connectivity index (χ3v) is 18.8. The van der Waals surface area contributed by atoms with Crippen molar-refractivity contribution in [3.63, 3.8) is 0 Å². The second-order valence-electron chi connectivity index (χ2n) is 27.6. The SMILES string of the molecule is CCC(C)CCCCCCCCCCC(=O)O[C@H](COC(=O)CCCCCCCCCCC(C)C)COP(=O)(O)OCC(O)COP(=O)(O)OC[C@@H](COC(=O)CCCCCCCCCCCCCCCC(C)C)OC(=O)CCCCCCCCCCCC(C)C. The highest BCUT2D eigenvalue weighted by atomic mass is 31.2. The van der Waals surface area contributed by atoms with Crippen molar-refractivity contribution in [2.75, 3.05) is 39.6 Å². The first kappa shape index (κ1) is 89.1. The van der Waals surface area contributed by atoms with E-state index in [4.69, 9.17) is 37.0 Å². The molecule has 0 bridgehead atoms. The van der Waals surface area contributed by atoms with E-state index in [1.807, 2.05) is 0 Å². The summed E-state index contributed by atoms with van der Waals surface area (Å²) in [7, 11) is -9.91. The van der Waals surface area contributed by atoms with Crippen LogP contribution in [0.5, 0.6) is 0 Å². The number of aliphatic hydroxyl groups excluding tert-OH is 1. The number of phosphoric acid groups is 2. The van der Waals surface area contributed by atoms with Crippen molar-refractivity contribution in [3.05, 3.63) is 0 Å². The Labute approximate surface area is 556 Å². The van der Waals surface area contributed by atoms with Crippen LogP contribution in [0.4, 0.5) is 0 Å². The van der Waals surface area contributed by atoms with Gasteiger partial charge in [-0.1, -0.05) is 306 Å². The van der Waals surface area contributed by atoms with Crippen LogP contribution >= 0.6 is 15.6 Å². The first-order valence-corrected chi connectivity index (χ1v) is 40.2. The van der Waals surface area contributed by atoms with Gasteiger partial charge in [-0.15, -0.1) is 0 Å². The summed E-state index contributed by atoms with van der Waals surface area (Å²) in [5.41, 5.74) is 0. The number of ether oxygens (including phenoxy) is 4. The summed E-state index contributed by atoms with van der Waals surface area (Å²) in [6.45, 7) is 14.1. The van der Waals surface area contributed by atoms with Crippen molar-refractivity contribution in [2.24, 2.45) is 23.7 Å². The van der Waals surface area contributed by atoms with E-state index in [9.17, 15) is 43.2 Å². The highest BCUT2D eigenvalue weighted by Crippen LogP contribution is 2.45. The van der Waals surface area contributed by atoms with Crippen LogP contribution in [0.25, 0.3) is 0 Å². The molecule has 540 valence electrons. The molecular weight excluding hydrogens is 1200 g/mol. The van der Waals surface area contributed by atoms with Gasteiger partial charge in [0.25, 0.3) is 0 Å². The largest absolute Gasteiger partial charge is 0.472 e. The zero-order valence-corrected chi connectivity index (χ0v) is 61.3. The van der Waals surface area contributed by atoms with Crippen LogP contribution in [0, 0.1) is 23.7 Å². The number of aliphatic hydroxyl groups is 1. The van der Waals surface area contributed by atoms with Crippen molar-refractivity contribution in [3.8, 4) is 0 Å². The summed E-state index contributed by atoms with van der Waals surface area (Å²) >= 11 is 0. The summed E-state index contributed by atoms with van der Waals surface area (Å²) in [4.78, 5) is 72.6. The molecule has 0 aromatic heterocycles. The molecule has 0 heterocycles. The average molecular weight is 1340 g/mol. The van der Waals surface area contributed by atoms with Gasteiger partial charge in [0.1, 0.15) is 19.3 Å². The standard InChI is InChI=1S/C72H140O17P2/c1-9-65(8)51-43-35-27-21-23-31-39-47-55-72(77)89-68(59-83-70(75)53-45-37-29-22-20-26-34-42-50-64(6)7)61-87-91(80,81)85-57-66(73)56-84-90(78,79)86-60-67(88-71(76)54-46-38-30-19-15-17-25-33-41-49-63(4)5)58-82-69(74)52-44-36-28-18-14-12-10-11-13-16-24-32-40-48-62(2)3/h62-68,73H,9-61H2,1-8H3,(H,78,79)(H,80,81)/t65?,66?,67-,68-/m1/s1. The fourth-order valence-corrected chi connectivity index (χ4v) is 12.4. The number of carbonyl (C=O) groups is 4. The first-order chi connectivity index (χ1) is 43.6. The minimum atomic E-state index is -4.95. The van der Waals surface area contributed by atoms with Crippen molar-refractivity contribution >= 4 is 39.5 Å². The van der Waals surface area contributed by atoms with Crippen LogP contribution in [0.3, 0.4) is 0 Å². The fourth-order valence-electron chi connectivity index (χ4n) is 10.8. The molecule has 19 heteroatoms. The number of unbranched alkanes of at least 4 members (excludes halogenated alkanes) is 34. The predicted molar refractivity (Wildman–Crippen MR) is 367 cm³/mol. The number of phosphoric ester groups is 2. The van der Waals surface area contributed by atoms with E-state index in [1.54, 1.807) is 0 Å². The summed E-state index contributed by atoms with van der Waals surface area (Å²) in [6, 6.07) is 0. The minimum Gasteiger partial charge on any atom is -0.462 e. The van der Waals surface area contributed by atoms with E-state index < -0.39 is 97.5 Å². The number of carbonyl (C=O) groups excluding carboxylic acids is 4. The highest BCUT2D eigenvalue weighted by molar-refractivity contribution is 7.47. The zero-order valence-electron chi connectivity index (χ0n) is 59.5. The molecule has 0 aromatic rings. The van der Waals surface area contributed by atoms with E-state index in [1.165, 1.54) is 161 Å². The van der Waals surface area contributed by atoms with Crippen LogP contribution in [0.15, 0.2) is 0 Å². The topological polar surface area (TPSA) is 237 Å². The molecule has 0 saturated heterocycles. The van der Waals surface area contributed by atoms with Gasteiger partial charge >= 0.3 is 39.5 Å². The highest BCUT2D eigenvalue weighted by Gasteiger charge is 2.30. The van der Waals surface area contributed by atoms with Crippen LogP contribution in [-0.4, -0.2) is 96.7 Å². The van der Waals surface area contributed by atoms with Gasteiger partial charge < -0.3 is 33.8 Å². The van der Waals surface area contributed by atoms with E-state index in [0.29, 0.717) is 25.7 Å². The second kappa shape index (κ2) is 61.6. The Morgan fingerprint density at radius 1 is 0.308 bits per heavy atom. The maximum atomic E-state index is 13.0. The van der Waals surface area contributed by atoms with E-state index in [-0.39, 0.29) is 25.7 Å². The van der Waals surface area contributed by atoms with Gasteiger partial charge in [0.15, 0.2) is 12.2 Å². The Kier molecular flexibility index (Phi) is 60.3. The van der Waals surface area contributed by atoms with Crippen molar-refractivity contribution in [1.82, 2.24) is 0 Å². The van der Waals surface area contributed by atoms with Crippen molar-refractivity contribution < 1.29 is 80.2 Å². The molecule has 0 aromatic carbocycles. The molecule has 4 unspecified atom stereocenters. The number of esters is 4. The van der Waals surface area contributed by atoms with E-state index in [0.717, 1.165) is 114 Å². The molecule has 0 amide bonds. The molecule has 0 aliphatic carbocycles. The zero-order chi connectivity index (χ0) is 67.5. The smallest absolute Gasteiger partial charge is 0.462 e. The molecule has 0 aliphatic rings. The number of rotatable bonds is 69. The molecule has 0 aliphatic heterocycles. The Morgan fingerprint density at radius 3 is 0.780 bits per heavy atom. The van der Waals surface area contributed by atoms with Gasteiger partial charge in [-0.25, -0.2) is 9.13 Å². The number of hydrogen-bond acceptors (Lipinski definition) is 15. The molecule has 91 heavy (non-hydrogen) atoms. The fraction of sp³-hybridized carbons (Fsp3) is 0.944. The third kappa shape index (κ3) is 65.1. The van der Waals surface area contributed by atoms with Crippen LogP contribution in [0.1, 0.15) is 357 Å². The predicted octanol–water partition coefficient (Wildman–Crippen LogP) is 20.5. The molecule has 0 fully saturated rings. The van der Waals surface area contributed by atoms with Gasteiger partial charge in [0.2, 0.25) is 0 Å². The first-order valence-electron chi connectivity index (χ1n) is 37.2. The summed E-state index contributed by atoms with van der Waals surface area (Å²) < 4.78 is 68.4. The molecule has 17 nitrogen and oxygen atoms in total. The maximum Gasteiger partial charge on any atom is 0.472 e. The lowest BCUT2D eigenvalue weighted by atomic mass is 9.99. The molecule has 3 N–H and O–H groups in total. The van der Waals surface area contributed by atoms with E-state index in [2.05, 4.69) is 55.4 Å². The summed E-state index contributed by atoms with van der Waals surface area (Å²) in [6.07, 6.45) is 44.4. The Morgan fingerprint density at radius 2 is 0.527 bits per heavy atom. The van der Waals surface area contributed by atoms with Gasteiger partial charge in [0.05, 0.1) is 26.4 Å². The Bertz CT molecular complexity index is 1800. The monoisotopic (exact) mass is 1340 g/mol. The van der Waals surface area contributed by atoms with Crippen molar-refractivity contribution in [1.29, 1.82) is 0 Å². The number of hydrogen-bond donors (Lipinski definition) is 3. The molecule has 0 radical (unpaired) electrons. The van der Waals surface area contributed by atoms with E-state index >= 15 is 0 Å². The van der Waals surface area contributed by atoms with Crippen LogP contribution < -0.4 is 0 Å². The Hall–Kier alpha value is -1.94. The van der Waals surface area contributed by atoms with Gasteiger partial charge in [-0.05, 0) is 49.4 Å².